The predicted molar refractivity (Wildman–Crippen MR) is 82.1 cm³/mol. The van der Waals surface area contributed by atoms with E-state index >= 15 is 0 Å². The molecule has 0 bridgehead atoms. The van der Waals surface area contributed by atoms with Gasteiger partial charge in [0.1, 0.15) is 0 Å². The minimum absolute atomic E-state index is 0.0701. The number of nitrogens with one attached hydrogen (secondary N) is 1. The molecule has 0 fully saturated rings. The van der Waals surface area contributed by atoms with E-state index < -0.39 is 0 Å². The van der Waals surface area contributed by atoms with Crippen molar-refractivity contribution >= 4 is 17.2 Å². The summed E-state index contributed by atoms with van der Waals surface area (Å²) in [5.41, 5.74) is 5.73. The maximum Gasteiger partial charge on any atom is 0.224 e. The van der Waals surface area contributed by atoms with E-state index in [4.69, 9.17) is 5.73 Å². The van der Waals surface area contributed by atoms with Crippen molar-refractivity contribution in [2.24, 2.45) is 17.6 Å². The standard InChI is InChI=1S/C15H26N2OS/c1-4-6-13(14-7-5-8-19-14)17-15(18)12(10-16)9-11(2)3/h5,7-8,11-13H,4,6,9-10,16H2,1-3H3,(H,17,18). The van der Waals surface area contributed by atoms with E-state index in [1.54, 1.807) is 11.3 Å². The first-order valence-electron chi connectivity index (χ1n) is 7.12. The summed E-state index contributed by atoms with van der Waals surface area (Å²) in [6.07, 6.45) is 2.89. The minimum Gasteiger partial charge on any atom is -0.348 e. The molecule has 0 aliphatic rings. The third-order valence-electron chi connectivity index (χ3n) is 3.19. The van der Waals surface area contributed by atoms with E-state index in [1.807, 2.05) is 6.07 Å². The molecule has 0 spiro atoms. The Morgan fingerprint density at radius 1 is 1.47 bits per heavy atom. The van der Waals surface area contributed by atoms with E-state index in [0.717, 1.165) is 19.3 Å². The lowest BCUT2D eigenvalue weighted by Crippen LogP contribution is -2.37. The second-order valence-electron chi connectivity index (χ2n) is 5.43. The van der Waals surface area contributed by atoms with Crippen LogP contribution in [0.3, 0.4) is 0 Å². The van der Waals surface area contributed by atoms with Crippen LogP contribution < -0.4 is 11.1 Å². The topological polar surface area (TPSA) is 55.1 Å². The average molecular weight is 282 g/mol. The normalized spacial score (nSPS) is 14.4. The smallest absolute Gasteiger partial charge is 0.224 e. The van der Waals surface area contributed by atoms with Crippen molar-refractivity contribution in [2.75, 3.05) is 6.54 Å². The molecule has 1 rings (SSSR count). The zero-order valence-electron chi connectivity index (χ0n) is 12.2. The second kappa shape index (κ2) is 8.33. The Hall–Kier alpha value is -0.870. The van der Waals surface area contributed by atoms with E-state index in [1.165, 1.54) is 4.88 Å². The molecule has 0 saturated heterocycles. The van der Waals surface area contributed by atoms with E-state index in [9.17, 15) is 4.79 Å². The molecular formula is C15H26N2OS. The van der Waals surface area contributed by atoms with Crippen molar-refractivity contribution in [2.45, 2.75) is 46.1 Å². The number of hydrogen-bond donors (Lipinski definition) is 2. The molecule has 1 amide bonds. The Morgan fingerprint density at radius 2 is 2.21 bits per heavy atom. The van der Waals surface area contributed by atoms with Crippen LogP contribution in [0.2, 0.25) is 0 Å². The molecule has 0 aliphatic carbocycles. The van der Waals surface area contributed by atoms with Crippen LogP contribution in [0.25, 0.3) is 0 Å². The van der Waals surface area contributed by atoms with E-state index in [-0.39, 0.29) is 17.9 Å². The van der Waals surface area contributed by atoms with Gasteiger partial charge in [0.05, 0.1) is 12.0 Å². The lowest BCUT2D eigenvalue weighted by molar-refractivity contribution is -0.126. The summed E-state index contributed by atoms with van der Waals surface area (Å²) in [6.45, 7) is 6.81. The molecule has 108 valence electrons. The molecule has 2 unspecified atom stereocenters. The molecule has 19 heavy (non-hydrogen) atoms. The average Bonchev–Trinajstić information content (AvgIpc) is 2.88. The highest BCUT2D eigenvalue weighted by Gasteiger charge is 2.22. The molecule has 0 aromatic carbocycles. The first-order valence-corrected chi connectivity index (χ1v) is 8.00. The van der Waals surface area contributed by atoms with Gasteiger partial charge in [-0.3, -0.25) is 4.79 Å². The fourth-order valence-corrected chi connectivity index (χ4v) is 3.05. The van der Waals surface area contributed by atoms with Crippen LogP contribution in [0.1, 0.15) is 51.0 Å². The fraction of sp³-hybridized carbons (Fsp3) is 0.667. The number of nitrogens with two attached hydrogens (primary N) is 1. The van der Waals surface area contributed by atoms with Crippen molar-refractivity contribution in [1.29, 1.82) is 0 Å². The van der Waals surface area contributed by atoms with Gasteiger partial charge >= 0.3 is 0 Å². The van der Waals surface area contributed by atoms with Gasteiger partial charge in [0.2, 0.25) is 5.91 Å². The maximum absolute atomic E-state index is 12.3. The lowest BCUT2D eigenvalue weighted by atomic mass is 9.96. The van der Waals surface area contributed by atoms with Gasteiger partial charge in [0.25, 0.3) is 0 Å². The molecule has 1 aromatic heterocycles. The molecule has 2 atom stereocenters. The van der Waals surface area contributed by atoms with Gasteiger partial charge in [-0.15, -0.1) is 11.3 Å². The molecule has 0 saturated carbocycles. The Morgan fingerprint density at radius 3 is 2.68 bits per heavy atom. The first kappa shape index (κ1) is 16.2. The highest BCUT2D eigenvalue weighted by Crippen LogP contribution is 2.24. The van der Waals surface area contributed by atoms with Crippen LogP contribution in [-0.4, -0.2) is 12.5 Å². The summed E-state index contributed by atoms with van der Waals surface area (Å²) >= 11 is 1.70. The molecule has 0 aliphatic heterocycles. The summed E-state index contributed by atoms with van der Waals surface area (Å²) in [5.74, 6) is 0.521. The van der Waals surface area contributed by atoms with Gasteiger partial charge in [0, 0.05) is 11.4 Å². The largest absolute Gasteiger partial charge is 0.348 e. The van der Waals surface area contributed by atoms with Crippen molar-refractivity contribution < 1.29 is 4.79 Å². The summed E-state index contributed by atoms with van der Waals surface area (Å²) in [7, 11) is 0. The Kier molecular flexibility index (Phi) is 7.10. The van der Waals surface area contributed by atoms with Gasteiger partial charge in [-0.25, -0.2) is 0 Å². The number of carbonyl (C=O) groups is 1. The van der Waals surface area contributed by atoms with Crippen LogP contribution in [0.15, 0.2) is 17.5 Å². The van der Waals surface area contributed by atoms with E-state index in [0.29, 0.717) is 12.5 Å². The maximum atomic E-state index is 12.3. The van der Waals surface area contributed by atoms with Crippen LogP contribution in [0, 0.1) is 11.8 Å². The Balaban J connectivity index is 2.65. The van der Waals surface area contributed by atoms with Crippen LogP contribution >= 0.6 is 11.3 Å². The van der Waals surface area contributed by atoms with Crippen LogP contribution in [0.5, 0.6) is 0 Å². The summed E-state index contributed by atoms with van der Waals surface area (Å²) < 4.78 is 0. The van der Waals surface area contributed by atoms with Gasteiger partial charge in [0.15, 0.2) is 0 Å². The molecule has 3 N–H and O–H groups in total. The first-order chi connectivity index (χ1) is 9.08. The quantitative estimate of drug-likeness (QED) is 0.768. The third kappa shape index (κ3) is 5.33. The summed E-state index contributed by atoms with van der Waals surface area (Å²) in [4.78, 5) is 13.5. The Labute approximate surface area is 120 Å². The third-order valence-corrected chi connectivity index (χ3v) is 4.18. The number of rotatable bonds is 8. The SMILES string of the molecule is CCCC(NC(=O)C(CN)CC(C)C)c1cccs1. The molecule has 4 heteroatoms. The second-order valence-corrected chi connectivity index (χ2v) is 6.41. The zero-order valence-corrected chi connectivity index (χ0v) is 13.0. The molecule has 0 radical (unpaired) electrons. The van der Waals surface area contributed by atoms with Crippen LogP contribution in [0.4, 0.5) is 0 Å². The molecule has 1 aromatic rings. The number of thiophene rings is 1. The van der Waals surface area contributed by atoms with E-state index in [2.05, 4.69) is 37.5 Å². The minimum atomic E-state index is -0.0701. The molecule has 3 nitrogen and oxygen atoms in total. The summed E-state index contributed by atoms with van der Waals surface area (Å²) in [6, 6.07) is 4.26. The van der Waals surface area contributed by atoms with Gasteiger partial charge in [-0.1, -0.05) is 33.3 Å². The van der Waals surface area contributed by atoms with Gasteiger partial charge in [-0.05, 0) is 30.2 Å². The monoisotopic (exact) mass is 282 g/mol. The van der Waals surface area contributed by atoms with Crippen molar-refractivity contribution in [3.63, 3.8) is 0 Å². The number of hydrogen-bond acceptors (Lipinski definition) is 3. The fourth-order valence-electron chi connectivity index (χ4n) is 2.23. The molecule has 1 heterocycles. The lowest BCUT2D eigenvalue weighted by Gasteiger charge is -2.22. The van der Waals surface area contributed by atoms with Crippen LogP contribution in [-0.2, 0) is 4.79 Å². The van der Waals surface area contributed by atoms with Gasteiger partial charge < -0.3 is 11.1 Å². The zero-order chi connectivity index (χ0) is 14.3. The highest BCUT2D eigenvalue weighted by atomic mass is 32.1. The van der Waals surface area contributed by atoms with Crippen molar-refractivity contribution in [3.8, 4) is 0 Å². The molecular weight excluding hydrogens is 256 g/mol. The van der Waals surface area contributed by atoms with Crippen molar-refractivity contribution in [1.82, 2.24) is 5.32 Å². The van der Waals surface area contributed by atoms with Crippen molar-refractivity contribution in [3.05, 3.63) is 22.4 Å². The Bertz CT molecular complexity index is 362. The number of amides is 1. The summed E-state index contributed by atoms with van der Waals surface area (Å²) in [5, 5.41) is 5.22. The number of carbonyl (C=O) groups excluding carboxylic acids is 1. The predicted octanol–water partition coefficient (Wildman–Crippen LogP) is 3.33. The highest BCUT2D eigenvalue weighted by molar-refractivity contribution is 7.10. The van der Waals surface area contributed by atoms with Gasteiger partial charge in [-0.2, -0.15) is 0 Å².